The fraction of sp³-hybridized carbons (Fsp3) is 0.333. The smallest absolute Gasteiger partial charge is 0.134 e. The van der Waals surface area contributed by atoms with E-state index in [1.807, 2.05) is 20.0 Å². The Bertz CT molecular complexity index is 275. The molecule has 66 valence electrons. The molecule has 0 amide bonds. The highest BCUT2D eigenvalue weighted by Gasteiger charge is 2.04. The first-order chi connectivity index (χ1) is 5.65. The molecule has 1 rings (SSSR count). The molecule has 2 nitrogen and oxygen atoms in total. The summed E-state index contributed by atoms with van der Waals surface area (Å²) in [4.78, 5) is 0. The molecule has 0 saturated carbocycles. The molecule has 1 atom stereocenters. The monoisotopic (exact) mass is 185 g/mol. The van der Waals surface area contributed by atoms with Crippen LogP contribution in [0.3, 0.4) is 0 Å². The zero-order valence-electron chi connectivity index (χ0n) is 7.13. The van der Waals surface area contributed by atoms with E-state index in [0.29, 0.717) is 5.02 Å². The maximum absolute atomic E-state index is 9.15. The summed E-state index contributed by atoms with van der Waals surface area (Å²) in [7, 11) is 1.88. The molecule has 0 aliphatic heterocycles. The lowest BCUT2D eigenvalue weighted by molar-refractivity contribution is 0.475. The highest BCUT2D eigenvalue weighted by molar-refractivity contribution is 6.32. The van der Waals surface area contributed by atoms with Crippen molar-refractivity contribution in [3.63, 3.8) is 0 Å². The zero-order valence-corrected chi connectivity index (χ0v) is 7.89. The van der Waals surface area contributed by atoms with Crippen LogP contribution in [0, 0.1) is 0 Å². The van der Waals surface area contributed by atoms with Crippen molar-refractivity contribution in [1.82, 2.24) is 5.32 Å². The molecule has 0 heterocycles. The van der Waals surface area contributed by atoms with Crippen LogP contribution in [-0.4, -0.2) is 12.2 Å². The van der Waals surface area contributed by atoms with E-state index in [0.717, 1.165) is 5.56 Å². The van der Waals surface area contributed by atoms with Crippen molar-refractivity contribution in [1.29, 1.82) is 0 Å². The SMILES string of the molecule is CN[C@@H](C)c1ccc(O)c(Cl)c1. The Hall–Kier alpha value is -0.730. The maximum Gasteiger partial charge on any atom is 0.134 e. The van der Waals surface area contributed by atoms with Crippen LogP contribution in [0.25, 0.3) is 0 Å². The normalized spacial score (nSPS) is 12.9. The first-order valence-electron chi connectivity index (χ1n) is 3.81. The summed E-state index contributed by atoms with van der Waals surface area (Å²) >= 11 is 5.74. The van der Waals surface area contributed by atoms with E-state index in [9.17, 15) is 0 Å². The quantitative estimate of drug-likeness (QED) is 0.741. The second-order valence-corrected chi connectivity index (χ2v) is 3.13. The number of benzene rings is 1. The lowest BCUT2D eigenvalue weighted by Gasteiger charge is -2.10. The van der Waals surface area contributed by atoms with E-state index in [1.54, 1.807) is 12.1 Å². The van der Waals surface area contributed by atoms with Crippen LogP contribution in [0.5, 0.6) is 5.75 Å². The van der Waals surface area contributed by atoms with Crippen LogP contribution in [-0.2, 0) is 0 Å². The second kappa shape index (κ2) is 3.78. The predicted molar refractivity (Wildman–Crippen MR) is 50.6 cm³/mol. The molecule has 0 aliphatic carbocycles. The van der Waals surface area contributed by atoms with Gasteiger partial charge in [-0.2, -0.15) is 0 Å². The third-order valence-electron chi connectivity index (χ3n) is 1.90. The van der Waals surface area contributed by atoms with E-state index in [2.05, 4.69) is 5.32 Å². The van der Waals surface area contributed by atoms with Gasteiger partial charge in [-0.25, -0.2) is 0 Å². The summed E-state index contributed by atoms with van der Waals surface area (Å²) in [6.45, 7) is 2.03. The van der Waals surface area contributed by atoms with Crippen molar-refractivity contribution in [3.05, 3.63) is 28.8 Å². The minimum Gasteiger partial charge on any atom is -0.506 e. The van der Waals surface area contributed by atoms with E-state index in [-0.39, 0.29) is 11.8 Å². The van der Waals surface area contributed by atoms with Crippen molar-refractivity contribution < 1.29 is 5.11 Å². The number of halogens is 1. The molecule has 1 aromatic carbocycles. The van der Waals surface area contributed by atoms with E-state index < -0.39 is 0 Å². The molecule has 0 fully saturated rings. The molecule has 2 N–H and O–H groups in total. The molecule has 0 radical (unpaired) electrons. The van der Waals surface area contributed by atoms with E-state index in [1.165, 1.54) is 0 Å². The summed E-state index contributed by atoms with van der Waals surface area (Å²) in [5.74, 6) is 0.128. The minimum atomic E-state index is 0.128. The van der Waals surface area contributed by atoms with Gasteiger partial charge in [0, 0.05) is 6.04 Å². The first kappa shape index (κ1) is 9.36. The van der Waals surface area contributed by atoms with Gasteiger partial charge in [-0.3, -0.25) is 0 Å². The minimum absolute atomic E-state index is 0.128. The van der Waals surface area contributed by atoms with Crippen molar-refractivity contribution in [2.75, 3.05) is 7.05 Å². The lowest BCUT2D eigenvalue weighted by atomic mass is 10.1. The second-order valence-electron chi connectivity index (χ2n) is 2.72. The predicted octanol–water partition coefficient (Wildman–Crippen LogP) is 2.33. The van der Waals surface area contributed by atoms with Crippen molar-refractivity contribution in [2.45, 2.75) is 13.0 Å². The van der Waals surface area contributed by atoms with Gasteiger partial charge in [-0.15, -0.1) is 0 Å². The van der Waals surface area contributed by atoms with Crippen LogP contribution in [0.2, 0.25) is 5.02 Å². The van der Waals surface area contributed by atoms with Gasteiger partial charge in [0.15, 0.2) is 0 Å². The number of hydrogen-bond donors (Lipinski definition) is 2. The van der Waals surface area contributed by atoms with Crippen LogP contribution in [0.1, 0.15) is 18.5 Å². The Morgan fingerprint density at radius 3 is 2.67 bits per heavy atom. The fourth-order valence-corrected chi connectivity index (χ4v) is 1.15. The highest BCUT2D eigenvalue weighted by atomic mass is 35.5. The molecule has 0 aromatic heterocycles. The average molecular weight is 186 g/mol. The van der Waals surface area contributed by atoms with E-state index in [4.69, 9.17) is 16.7 Å². The number of nitrogens with one attached hydrogen (secondary N) is 1. The van der Waals surface area contributed by atoms with Crippen molar-refractivity contribution >= 4 is 11.6 Å². The van der Waals surface area contributed by atoms with Gasteiger partial charge in [0.25, 0.3) is 0 Å². The van der Waals surface area contributed by atoms with Gasteiger partial charge in [0.05, 0.1) is 5.02 Å². The van der Waals surface area contributed by atoms with Crippen molar-refractivity contribution in [2.24, 2.45) is 0 Å². The summed E-state index contributed by atoms with van der Waals surface area (Å²) < 4.78 is 0. The summed E-state index contributed by atoms with van der Waals surface area (Å²) in [6, 6.07) is 5.47. The molecule has 0 unspecified atom stereocenters. The molecule has 0 spiro atoms. The Morgan fingerprint density at radius 1 is 1.50 bits per heavy atom. The number of rotatable bonds is 2. The van der Waals surface area contributed by atoms with Crippen LogP contribution >= 0.6 is 11.6 Å². The van der Waals surface area contributed by atoms with Gasteiger partial charge in [0.2, 0.25) is 0 Å². The third kappa shape index (κ3) is 1.90. The molecule has 1 aromatic rings. The van der Waals surface area contributed by atoms with Crippen molar-refractivity contribution in [3.8, 4) is 5.75 Å². The van der Waals surface area contributed by atoms with Gasteiger partial charge in [-0.1, -0.05) is 17.7 Å². The van der Waals surface area contributed by atoms with Gasteiger partial charge < -0.3 is 10.4 Å². The number of phenols is 1. The lowest BCUT2D eigenvalue weighted by Crippen LogP contribution is -2.11. The fourth-order valence-electron chi connectivity index (χ4n) is 0.959. The topological polar surface area (TPSA) is 32.3 Å². The number of phenolic OH excluding ortho intramolecular Hbond substituents is 1. The molecule has 0 bridgehead atoms. The molecule has 0 aliphatic rings. The molecule has 12 heavy (non-hydrogen) atoms. The van der Waals surface area contributed by atoms with Crippen LogP contribution in [0.4, 0.5) is 0 Å². The standard InChI is InChI=1S/C9H12ClNO/c1-6(11-2)7-3-4-9(12)8(10)5-7/h3-6,11-12H,1-2H3/t6-/m0/s1. The summed E-state index contributed by atoms with van der Waals surface area (Å²) in [5, 5.41) is 12.6. The Morgan fingerprint density at radius 2 is 2.17 bits per heavy atom. The zero-order chi connectivity index (χ0) is 9.14. The largest absolute Gasteiger partial charge is 0.506 e. The van der Waals surface area contributed by atoms with Gasteiger partial charge in [0.1, 0.15) is 5.75 Å². The molecule has 3 heteroatoms. The van der Waals surface area contributed by atoms with E-state index >= 15 is 0 Å². The van der Waals surface area contributed by atoms with Gasteiger partial charge in [-0.05, 0) is 31.7 Å². The summed E-state index contributed by atoms with van der Waals surface area (Å²) in [5.41, 5.74) is 1.07. The number of hydrogen-bond acceptors (Lipinski definition) is 2. The van der Waals surface area contributed by atoms with Crippen LogP contribution in [0.15, 0.2) is 18.2 Å². The third-order valence-corrected chi connectivity index (χ3v) is 2.21. The Labute approximate surface area is 77.2 Å². The Kier molecular flexibility index (Phi) is 2.95. The van der Waals surface area contributed by atoms with Gasteiger partial charge >= 0.3 is 0 Å². The highest BCUT2D eigenvalue weighted by Crippen LogP contribution is 2.26. The number of aromatic hydroxyl groups is 1. The maximum atomic E-state index is 9.15. The van der Waals surface area contributed by atoms with Crippen LogP contribution < -0.4 is 5.32 Å². The Balaban J connectivity index is 2.96. The average Bonchev–Trinajstić information content (AvgIpc) is 2.08. The first-order valence-corrected chi connectivity index (χ1v) is 4.18. The molecular formula is C9H12ClNO. The molecular weight excluding hydrogens is 174 g/mol. The summed E-state index contributed by atoms with van der Waals surface area (Å²) in [6.07, 6.45) is 0. The molecule has 0 saturated heterocycles.